The van der Waals surface area contributed by atoms with Crippen LogP contribution in [-0.2, 0) is 10.0 Å². The van der Waals surface area contributed by atoms with Crippen LogP contribution in [0, 0.1) is 5.41 Å². The molecule has 3 nitrogen and oxygen atoms in total. The minimum Gasteiger partial charge on any atom is -0.212 e. The quantitative estimate of drug-likeness (QED) is 0.640. The predicted octanol–water partition coefficient (Wildman–Crippen LogP) is 3.05. The van der Waals surface area contributed by atoms with E-state index in [0.717, 1.165) is 19.3 Å². The van der Waals surface area contributed by atoms with Gasteiger partial charge in [0.15, 0.2) is 0 Å². The molecule has 102 valence electrons. The molecule has 2 atom stereocenters. The lowest BCUT2D eigenvalue weighted by Gasteiger charge is -2.24. The second-order valence-corrected chi connectivity index (χ2v) is 9.13. The summed E-state index contributed by atoms with van der Waals surface area (Å²) in [6, 6.07) is 0.0600. The average Bonchev–Trinajstić information content (AvgIpc) is 2.27. The summed E-state index contributed by atoms with van der Waals surface area (Å²) in [4.78, 5) is 0.278. The number of halogens is 1. The van der Waals surface area contributed by atoms with Crippen molar-refractivity contribution in [2.24, 2.45) is 5.41 Å². The van der Waals surface area contributed by atoms with Crippen LogP contribution in [-0.4, -0.2) is 25.0 Å². The van der Waals surface area contributed by atoms with Gasteiger partial charge in [0.05, 0.1) is 5.75 Å². The maximum atomic E-state index is 12.0. The molecule has 1 N–H and O–H groups in total. The van der Waals surface area contributed by atoms with Crippen molar-refractivity contribution in [2.75, 3.05) is 5.75 Å². The van der Waals surface area contributed by atoms with E-state index in [2.05, 4.69) is 20.7 Å². The molecule has 17 heavy (non-hydrogen) atoms. The van der Waals surface area contributed by atoms with Gasteiger partial charge in [-0.05, 0) is 18.3 Å². The summed E-state index contributed by atoms with van der Waals surface area (Å²) in [6.45, 7) is 5.85. The number of hydrogen-bond acceptors (Lipinski definition) is 2. The average molecular weight is 326 g/mol. The van der Waals surface area contributed by atoms with Crippen LogP contribution in [0.4, 0.5) is 0 Å². The first kappa shape index (κ1) is 15.4. The third kappa shape index (κ3) is 6.20. The van der Waals surface area contributed by atoms with Crippen molar-refractivity contribution in [1.29, 1.82) is 0 Å². The highest BCUT2D eigenvalue weighted by molar-refractivity contribution is 9.09. The highest BCUT2D eigenvalue weighted by atomic mass is 79.9. The zero-order chi connectivity index (χ0) is 13.1. The Bertz CT molecular complexity index is 335. The van der Waals surface area contributed by atoms with Gasteiger partial charge in [-0.2, -0.15) is 0 Å². The summed E-state index contributed by atoms with van der Waals surface area (Å²) < 4.78 is 26.9. The van der Waals surface area contributed by atoms with E-state index in [4.69, 9.17) is 0 Å². The van der Waals surface area contributed by atoms with Crippen molar-refractivity contribution < 1.29 is 8.42 Å². The molecular formula is C12H24BrNO2S. The van der Waals surface area contributed by atoms with Crippen molar-refractivity contribution in [3.8, 4) is 0 Å². The van der Waals surface area contributed by atoms with Gasteiger partial charge in [0.2, 0.25) is 10.0 Å². The fraction of sp³-hybridized carbons (Fsp3) is 1.00. The Morgan fingerprint density at radius 2 is 1.76 bits per heavy atom. The first-order valence-corrected chi connectivity index (χ1v) is 8.90. The standard InChI is InChI=1S/C12H24BrNO2S/c1-12(2,3)9-17(15,16)14-11-8-6-4-5-7-10(11)13/h10-11,14H,4-9H2,1-3H3. The fourth-order valence-corrected chi connectivity index (χ4v) is 5.10. The molecule has 0 bridgehead atoms. The molecule has 0 heterocycles. The van der Waals surface area contributed by atoms with Crippen molar-refractivity contribution in [2.45, 2.75) is 63.7 Å². The van der Waals surface area contributed by atoms with E-state index in [0.29, 0.717) is 0 Å². The first-order valence-electron chi connectivity index (χ1n) is 6.34. The SMILES string of the molecule is CC(C)(C)CS(=O)(=O)NC1CCCCCC1Br. The van der Waals surface area contributed by atoms with Gasteiger partial charge < -0.3 is 0 Å². The molecule has 0 aliphatic heterocycles. The van der Waals surface area contributed by atoms with Crippen LogP contribution in [0.25, 0.3) is 0 Å². The van der Waals surface area contributed by atoms with Gasteiger partial charge >= 0.3 is 0 Å². The molecule has 1 aliphatic carbocycles. The van der Waals surface area contributed by atoms with E-state index in [9.17, 15) is 8.42 Å². The van der Waals surface area contributed by atoms with Gasteiger partial charge in [-0.25, -0.2) is 13.1 Å². The third-order valence-corrected chi connectivity index (χ3v) is 5.89. The topological polar surface area (TPSA) is 46.2 Å². The summed E-state index contributed by atoms with van der Waals surface area (Å²) >= 11 is 3.61. The molecule has 1 rings (SSSR count). The fourth-order valence-electron chi connectivity index (χ4n) is 2.24. The lowest BCUT2D eigenvalue weighted by Crippen LogP contribution is -2.43. The molecule has 1 aliphatic rings. The molecule has 1 saturated carbocycles. The summed E-state index contributed by atoms with van der Waals surface area (Å²) in [5.74, 6) is 0.191. The second kappa shape index (κ2) is 6.02. The molecular weight excluding hydrogens is 302 g/mol. The second-order valence-electron chi connectivity index (χ2n) is 6.20. The monoisotopic (exact) mass is 325 g/mol. The maximum Gasteiger partial charge on any atom is 0.212 e. The number of sulfonamides is 1. The molecule has 0 radical (unpaired) electrons. The lowest BCUT2D eigenvalue weighted by molar-refractivity contribution is 0.449. The van der Waals surface area contributed by atoms with Crippen molar-refractivity contribution in [3.05, 3.63) is 0 Å². The Labute approximate surface area is 114 Å². The van der Waals surface area contributed by atoms with E-state index in [1.807, 2.05) is 20.8 Å². The van der Waals surface area contributed by atoms with Gasteiger partial charge in [-0.15, -0.1) is 0 Å². The van der Waals surface area contributed by atoms with Gasteiger partial charge in [-0.3, -0.25) is 0 Å². The number of rotatable bonds is 3. The summed E-state index contributed by atoms with van der Waals surface area (Å²) in [6.07, 6.45) is 5.51. The van der Waals surface area contributed by atoms with E-state index in [1.165, 1.54) is 12.8 Å². The van der Waals surface area contributed by atoms with Gasteiger partial charge in [0.1, 0.15) is 0 Å². The number of hydrogen-bond donors (Lipinski definition) is 1. The molecule has 1 fully saturated rings. The Balaban J connectivity index is 2.62. The van der Waals surface area contributed by atoms with Crippen LogP contribution in [0.15, 0.2) is 0 Å². The maximum absolute atomic E-state index is 12.0. The number of nitrogens with one attached hydrogen (secondary N) is 1. The Morgan fingerprint density at radius 3 is 2.35 bits per heavy atom. The van der Waals surface area contributed by atoms with Crippen LogP contribution in [0.1, 0.15) is 52.9 Å². The van der Waals surface area contributed by atoms with E-state index in [-0.39, 0.29) is 22.0 Å². The Morgan fingerprint density at radius 1 is 1.18 bits per heavy atom. The highest BCUT2D eigenvalue weighted by Gasteiger charge is 2.28. The van der Waals surface area contributed by atoms with Crippen LogP contribution < -0.4 is 4.72 Å². The zero-order valence-electron chi connectivity index (χ0n) is 11.0. The van der Waals surface area contributed by atoms with Crippen LogP contribution in [0.5, 0.6) is 0 Å². The van der Waals surface area contributed by atoms with Gasteiger partial charge in [0.25, 0.3) is 0 Å². The molecule has 5 heteroatoms. The largest absolute Gasteiger partial charge is 0.212 e. The minimum absolute atomic E-state index is 0.0600. The molecule has 0 spiro atoms. The van der Waals surface area contributed by atoms with Crippen molar-refractivity contribution >= 4 is 26.0 Å². The number of alkyl halides is 1. The third-order valence-electron chi connectivity index (χ3n) is 2.89. The predicted molar refractivity (Wildman–Crippen MR) is 76.0 cm³/mol. The van der Waals surface area contributed by atoms with E-state index in [1.54, 1.807) is 0 Å². The summed E-state index contributed by atoms with van der Waals surface area (Å²) in [5.41, 5.74) is -0.196. The first-order chi connectivity index (χ1) is 7.70. The van der Waals surface area contributed by atoms with Crippen LogP contribution in [0.3, 0.4) is 0 Å². The van der Waals surface area contributed by atoms with Crippen LogP contribution in [0.2, 0.25) is 0 Å². The van der Waals surface area contributed by atoms with Crippen LogP contribution >= 0.6 is 15.9 Å². The molecule has 0 saturated heterocycles. The summed E-state index contributed by atoms with van der Waals surface area (Å²) in [7, 11) is -3.17. The molecule has 0 aromatic rings. The minimum atomic E-state index is -3.17. The van der Waals surface area contributed by atoms with E-state index < -0.39 is 10.0 Å². The van der Waals surface area contributed by atoms with Crippen molar-refractivity contribution in [1.82, 2.24) is 4.72 Å². The smallest absolute Gasteiger partial charge is 0.212 e. The molecule has 2 unspecified atom stereocenters. The summed E-state index contributed by atoms with van der Waals surface area (Å²) in [5, 5.41) is 0. The van der Waals surface area contributed by atoms with E-state index >= 15 is 0 Å². The highest BCUT2D eigenvalue weighted by Crippen LogP contribution is 2.25. The normalized spacial score (nSPS) is 27.8. The Kier molecular flexibility index (Phi) is 5.47. The van der Waals surface area contributed by atoms with Gasteiger partial charge in [0, 0.05) is 10.9 Å². The zero-order valence-corrected chi connectivity index (χ0v) is 13.4. The van der Waals surface area contributed by atoms with Gasteiger partial charge in [-0.1, -0.05) is 56.0 Å². The molecule has 0 aromatic heterocycles. The molecule has 0 amide bonds. The van der Waals surface area contributed by atoms with Crippen molar-refractivity contribution in [3.63, 3.8) is 0 Å². The lowest BCUT2D eigenvalue weighted by atomic mass is 10.0. The molecule has 0 aromatic carbocycles. The Hall–Kier alpha value is 0.390.